The third-order valence-electron chi connectivity index (χ3n) is 4.32. The summed E-state index contributed by atoms with van der Waals surface area (Å²) in [6.07, 6.45) is 10.2. The average Bonchev–Trinajstić information content (AvgIpc) is 2.60. The van der Waals surface area contributed by atoms with Crippen molar-refractivity contribution < 1.29 is 28.2 Å². The first-order chi connectivity index (χ1) is 13.4. The molecular weight excluding hydrogens is 368 g/mol. The van der Waals surface area contributed by atoms with Gasteiger partial charge in [0.15, 0.2) is 11.5 Å². The Morgan fingerprint density at radius 1 is 1.04 bits per heavy atom. The van der Waals surface area contributed by atoms with Crippen LogP contribution in [0.3, 0.4) is 0 Å². The van der Waals surface area contributed by atoms with Crippen molar-refractivity contribution in [3.63, 3.8) is 0 Å². The number of nitrogens with one attached hydrogen (secondary N) is 1. The monoisotopic (exact) mass is 401 g/mol. The molecule has 0 aliphatic heterocycles. The molecule has 3 rings (SSSR count). The summed E-state index contributed by atoms with van der Waals surface area (Å²) in [6, 6.07) is 7.00. The molecule has 0 saturated heterocycles. The van der Waals surface area contributed by atoms with Gasteiger partial charge in [-0.2, -0.15) is 8.78 Å². The summed E-state index contributed by atoms with van der Waals surface area (Å²) in [4.78, 5) is 9.96. The molecule has 2 saturated carbocycles. The lowest BCUT2D eigenvalue weighted by molar-refractivity contribution is -0.110. The van der Waals surface area contributed by atoms with Crippen LogP contribution >= 0.6 is 0 Å². The number of carbonyl (C=O) groups excluding carboxylic acids is 1. The molecule has 160 valence electrons. The summed E-state index contributed by atoms with van der Waals surface area (Å²) in [5.74, 6) is 0.516. The molecule has 2 N–H and O–H groups in total. The van der Waals surface area contributed by atoms with E-state index in [9.17, 15) is 13.6 Å². The number of aliphatic hydroxyl groups is 1. The zero-order chi connectivity index (χ0) is 20.8. The van der Waals surface area contributed by atoms with Crippen LogP contribution < -0.4 is 14.8 Å². The molecule has 1 aromatic rings. The molecule has 0 unspecified atom stereocenters. The third kappa shape index (κ3) is 11.1. The smallest absolute Gasteiger partial charge is 0.387 e. The van der Waals surface area contributed by atoms with Crippen molar-refractivity contribution in [1.82, 2.24) is 5.32 Å². The SMILES string of the molecule is CC(C)O.FC(F)Oc1ccccc1OC1CCC1.O=CNC1CCCCC1. The minimum Gasteiger partial charge on any atom is -0.487 e. The first-order valence-corrected chi connectivity index (χ1v) is 10.0. The first-order valence-electron chi connectivity index (χ1n) is 10.0. The molecule has 28 heavy (non-hydrogen) atoms. The van der Waals surface area contributed by atoms with Gasteiger partial charge < -0.3 is 19.9 Å². The number of hydrogen-bond donors (Lipinski definition) is 2. The second kappa shape index (κ2) is 14.2. The fourth-order valence-corrected chi connectivity index (χ4v) is 2.77. The van der Waals surface area contributed by atoms with Gasteiger partial charge in [0.1, 0.15) is 0 Å². The Labute approximate surface area is 166 Å². The highest BCUT2D eigenvalue weighted by Gasteiger charge is 2.21. The predicted octanol–water partition coefficient (Wildman–Crippen LogP) is 4.67. The number of halogens is 2. The van der Waals surface area contributed by atoms with Gasteiger partial charge in [-0.3, -0.25) is 4.79 Å². The summed E-state index contributed by atoms with van der Waals surface area (Å²) in [5, 5.41) is 10.9. The number of benzene rings is 1. The van der Waals surface area contributed by atoms with Crippen molar-refractivity contribution in [2.45, 2.75) is 90.1 Å². The lowest BCUT2D eigenvalue weighted by Crippen LogP contribution is -2.29. The van der Waals surface area contributed by atoms with Gasteiger partial charge >= 0.3 is 6.61 Å². The van der Waals surface area contributed by atoms with Crippen molar-refractivity contribution in [3.05, 3.63) is 24.3 Å². The van der Waals surface area contributed by atoms with E-state index in [4.69, 9.17) is 9.84 Å². The fourth-order valence-electron chi connectivity index (χ4n) is 2.77. The number of alkyl halides is 2. The number of hydrogen-bond acceptors (Lipinski definition) is 4. The van der Waals surface area contributed by atoms with Crippen molar-refractivity contribution >= 4 is 6.41 Å². The minimum absolute atomic E-state index is 0.111. The van der Waals surface area contributed by atoms with Crippen LogP contribution in [0.2, 0.25) is 0 Å². The highest BCUT2D eigenvalue weighted by atomic mass is 19.3. The van der Waals surface area contributed by atoms with Crippen LogP contribution in [0.5, 0.6) is 11.5 Å². The van der Waals surface area contributed by atoms with Gasteiger partial charge in [-0.05, 0) is 58.1 Å². The zero-order valence-electron chi connectivity index (χ0n) is 16.8. The van der Waals surface area contributed by atoms with Crippen LogP contribution in [0.25, 0.3) is 0 Å². The van der Waals surface area contributed by atoms with Crippen LogP contribution in [0.4, 0.5) is 8.78 Å². The molecule has 1 aromatic carbocycles. The minimum atomic E-state index is -2.81. The summed E-state index contributed by atoms with van der Waals surface area (Å²) in [6.45, 7) is 0.635. The van der Waals surface area contributed by atoms with Gasteiger partial charge in [0, 0.05) is 12.1 Å². The molecule has 5 nitrogen and oxygen atoms in total. The Hall–Kier alpha value is -1.89. The predicted molar refractivity (Wildman–Crippen MR) is 105 cm³/mol. The van der Waals surface area contributed by atoms with Crippen molar-refractivity contribution in [1.29, 1.82) is 0 Å². The molecular formula is C21H33F2NO4. The van der Waals surface area contributed by atoms with Crippen LogP contribution in [0.15, 0.2) is 24.3 Å². The van der Waals surface area contributed by atoms with Crippen LogP contribution in [-0.4, -0.2) is 36.4 Å². The topological polar surface area (TPSA) is 67.8 Å². The Balaban J connectivity index is 0.000000256. The lowest BCUT2D eigenvalue weighted by atomic mass is 9.96. The number of ether oxygens (including phenoxy) is 2. The summed E-state index contributed by atoms with van der Waals surface area (Å²) in [5.41, 5.74) is 0. The van der Waals surface area contributed by atoms with Crippen molar-refractivity contribution in [2.24, 2.45) is 0 Å². The average molecular weight is 401 g/mol. The summed E-state index contributed by atoms with van der Waals surface area (Å²) >= 11 is 0. The molecule has 2 aliphatic carbocycles. The van der Waals surface area contributed by atoms with Gasteiger partial charge in [-0.25, -0.2) is 0 Å². The molecule has 0 radical (unpaired) electrons. The zero-order valence-corrected chi connectivity index (χ0v) is 16.8. The second-order valence-corrected chi connectivity index (χ2v) is 7.21. The maximum absolute atomic E-state index is 12.1. The molecule has 0 aromatic heterocycles. The molecule has 1 amide bonds. The van der Waals surface area contributed by atoms with Crippen molar-refractivity contribution in [3.8, 4) is 11.5 Å². The van der Waals surface area contributed by atoms with Gasteiger partial charge in [0.2, 0.25) is 6.41 Å². The molecule has 2 aliphatic rings. The van der Waals surface area contributed by atoms with Gasteiger partial charge in [-0.1, -0.05) is 31.4 Å². The maximum Gasteiger partial charge on any atom is 0.387 e. The second-order valence-electron chi connectivity index (χ2n) is 7.21. The van der Waals surface area contributed by atoms with Crippen LogP contribution in [0, 0.1) is 0 Å². The number of aliphatic hydroxyl groups excluding tert-OH is 1. The van der Waals surface area contributed by atoms with E-state index in [0.29, 0.717) is 11.8 Å². The number of rotatable bonds is 6. The van der Waals surface area contributed by atoms with E-state index in [-0.39, 0.29) is 18.0 Å². The summed E-state index contributed by atoms with van der Waals surface area (Å²) < 4.78 is 34.0. The van der Waals surface area contributed by atoms with E-state index in [0.717, 1.165) is 25.7 Å². The van der Waals surface area contributed by atoms with Gasteiger partial charge in [-0.15, -0.1) is 0 Å². The Morgan fingerprint density at radius 2 is 1.61 bits per heavy atom. The number of amides is 1. The number of carbonyl (C=O) groups is 1. The Morgan fingerprint density at radius 3 is 2.07 bits per heavy atom. The highest BCUT2D eigenvalue weighted by molar-refractivity contribution is 5.46. The maximum atomic E-state index is 12.1. The molecule has 0 spiro atoms. The van der Waals surface area contributed by atoms with E-state index < -0.39 is 6.61 Å². The summed E-state index contributed by atoms with van der Waals surface area (Å²) in [7, 11) is 0. The highest BCUT2D eigenvalue weighted by Crippen LogP contribution is 2.32. The fraction of sp³-hybridized carbons (Fsp3) is 0.667. The quantitative estimate of drug-likeness (QED) is 0.680. The van der Waals surface area contributed by atoms with E-state index in [1.54, 1.807) is 32.0 Å². The van der Waals surface area contributed by atoms with Gasteiger partial charge in [0.25, 0.3) is 0 Å². The Bertz CT molecular complexity index is 530. The van der Waals surface area contributed by atoms with Crippen molar-refractivity contribution in [2.75, 3.05) is 0 Å². The van der Waals surface area contributed by atoms with E-state index >= 15 is 0 Å². The molecule has 2 fully saturated rings. The largest absolute Gasteiger partial charge is 0.487 e. The molecule has 0 bridgehead atoms. The molecule has 0 atom stereocenters. The Kier molecular flexibility index (Phi) is 12.2. The van der Waals surface area contributed by atoms with Crippen LogP contribution in [0.1, 0.15) is 65.2 Å². The first kappa shape index (κ1) is 24.1. The molecule has 0 heterocycles. The lowest BCUT2D eigenvalue weighted by Gasteiger charge is -2.27. The standard InChI is InChI=1S/C11H12F2O2.C7H13NO.C3H8O/c12-11(13)15-10-7-2-1-6-9(10)14-8-4-3-5-8;9-6-8-7-4-2-1-3-5-7;1-3(2)4/h1-2,6-8,11H,3-5H2;6-7H,1-5H2,(H,8,9);3-4H,1-2H3. The van der Waals surface area contributed by atoms with E-state index in [2.05, 4.69) is 10.1 Å². The number of para-hydroxylation sites is 2. The molecule has 7 heteroatoms. The van der Waals surface area contributed by atoms with E-state index in [1.807, 2.05) is 0 Å². The van der Waals surface area contributed by atoms with Crippen LogP contribution in [-0.2, 0) is 4.79 Å². The normalized spacial score (nSPS) is 16.8. The third-order valence-corrected chi connectivity index (χ3v) is 4.32. The van der Waals surface area contributed by atoms with E-state index in [1.165, 1.54) is 38.2 Å². The van der Waals surface area contributed by atoms with Gasteiger partial charge in [0.05, 0.1) is 6.10 Å².